The molecule has 1 unspecified atom stereocenters. The molecular formula is C12H16ClFN2O. The number of nitrogens with zero attached hydrogens (tertiary/aromatic N) is 1. The molecule has 1 fully saturated rings. The van der Waals surface area contributed by atoms with Gasteiger partial charge in [-0.1, -0.05) is 11.6 Å². The quantitative estimate of drug-likeness (QED) is 0.787. The van der Waals surface area contributed by atoms with E-state index in [2.05, 4.69) is 4.90 Å². The third-order valence-corrected chi connectivity index (χ3v) is 3.15. The molecule has 2 rings (SSSR count). The van der Waals surface area contributed by atoms with E-state index in [0.717, 1.165) is 31.8 Å². The fourth-order valence-corrected chi connectivity index (χ4v) is 2.20. The van der Waals surface area contributed by atoms with Crippen LogP contribution in [-0.2, 0) is 4.74 Å². The van der Waals surface area contributed by atoms with Gasteiger partial charge < -0.3 is 15.4 Å². The molecule has 0 aromatic heterocycles. The standard InChI is InChI=1S/C12H16ClFN2O/c1-8-7-16(3-2-4-17-8)12-5-9(13)10(14)6-11(12)15/h5-6,8H,2-4,7,15H2,1H3. The minimum absolute atomic E-state index is 0.104. The van der Waals surface area contributed by atoms with Gasteiger partial charge in [0.1, 0.15) is 5.82 Å². The first-order valence-electron chi connectivity index (χ1n) is 5.69. The smallest absolute Gasteiger partial charge is 0.143 e. The molecule has 0 amide bonds. The zero-order valence-electron chi connectivity index (χ0n) is 9.75. The van der Waals surface area contributed by atoms with Crippen molar-refractivity contribution in [3.05, 3.63) is 23.0 Å². The molecule has 94 valence electrons. The van der Waals surface area contributed by atoms with Crippen molar-refractivity contribution in [2.45, 2.75) is 19.4 Å². The van der Waals surface area contributed by atoms with Gasteiger partial charge >= 0.3 is 0 Å². The average Bonchev–Trinajstić information content (AvgIpc) is 2.48. The average molecular weight is 259 g/mol. The molecule has 1 atom stereocenters. The Bertz CT molecular complexity index is 414. The molecule has 17 heavy (non-hydrogen) atoms. The van der Waals surface area contributed by atoms with Crippen LogP contribution in [0.4, 0.5) is 15.8 Å². The molecule has 3 nitrogen and oxygen atoms in total. The number of hydrogen-bond donors (Lipinski definition) is 1. The van der Waals surface area contributed by atoms with Gasteiger partial charge in [-0.2, -0.15) is 0 Å². The third kappa shape index (κ3) is 2.82. The molecule has 0 bridgehead atoms. The number of rotatable bonds is 1. The number of anilines is 2. The largest absolute Gasteiger partial charge is 0.397 e. The zero-order chi connectivity index (χ0) is 12.4. The van der Waals surface area contributed by atoms with Crippen LogP contribution in [0.15, 0.2) is 12.1 Å². The molecule has 1 aromatic carbocycles. The maximum atomic E-state index is 13.2. The summed E-state index contributed by atoms with van der Waals surface area (Å²) in [6.07, 6.45) is 1.07. The molecule has 0 saturated carbocycles. The van der Waals surface area contributed by atoms with Crippen LogP contribution in [0, 0.1) is 5.82 Å². The minimum Gasteiger partial charge on any atom is -0.397 e. The van der Waals surface area contributed by atoms with Gasteiger partial charge in [0.15, 0.2) is 0 Å². The van der Waals surface area contributed by atoms with Crippen LogP contribution in [0.5, 0.6) is 0 Å². The Morgan fingerprint density at radius 2 is 2.29 bits per heavy atom. The fourth-order valence-electron chi connectivity index (χ4n) is 2.04. The summed E-state index contributed by atoms with van der Waals surface area (Å²) in [5, 5.41) is 0.104. The first-order valence-corrected chi connectivity index (χ1v) is 6.07. The van der Waals surface area contributed by atoms with Crippen molar-refractivity contribution in [2.75, 3.05) is 30.3 Å². The second kappa shape index (κ2) is 5.10. The molecule has 1 aliphatic rings. The van der Waals surface area contributed by atoms with Gasteiger partial charge in [0, 0.05) is 25.8 Å². The van der Waals surface area contributed by atoms with Crippen molar-refractivity contribution in [2.24, 2.45) is 0 Å². The van der Waals surface area contributed by atoms with E-state index in [1.807, 2.05) is 6.92 Å². The molecule has 1 aromatic rings. The Kier molecular flexibility index (Phi) is 3.74. The summed E-state index contributed by atoms with van der Waals surface area (Å²) in [6, 6.07) is 2.86. The van der Waals surface area contributed by atoms with Crippen LogP contribution in [0.25, 0.3) is 0 Å². The first-order chi connectivity index (χ1) is 8.08. The number of ether oxygens (including phenoxy) is 1. The normalized spacial score (nSPS) is 21.4. The predicted molar refractivity (Wildman–Crippen MR) is 68.1 cm³/mol. The van der Waals surface area contributed by atoms with E-state index in [4.69, 9.17) is 22.1 Å². The van der Waals surface area contributed by atoms with Crippen molar-refractivity contribution >= 4 is 23.0 Å². The molecule has 0 spiro atoms. The maximum Gasteiger partial charge on any atom is 0.143 e. The summed E-state index contributed by atoms with van der Waals surface area (Å²) in [5.41, 5.74) is 7.04. The Balaban J connectivity index is 2.28. The lowest BCUT2D eigenvalue weighted by Crippen LogP contribution is -2.30. The van der Waals surface area contributed by atoms with Crippen LogP contribution < -0.4 is 10.6 Å². The van der Waals surface area contributed by atoms with E-state index in [1.54, 1.807) is 6.07 Å². The summed E-state index contributed by atoms with van der Waals surface area (Å²) >= 11 is 5.79. The topological polar surface area (TPSA) is 38.5 Å². The molecule has 1 aliphatic heterocycles. The third-order valence-electron chi connectivity index (χ3n) is 2.86. The van der Waals surface area contributed by atoms with Crippen molar-refractivity contribution in [3.8, 4) is 0 Å². The molecule has 0 aliphatic carbocycles. The Morgan fingerprint density at radius 1 is 1.53 bits per heavy atom. The molecule has 2 N–H and O–H groups in total. The number of nitrogens with two attached hydrogens (primary N) is 1. The predicted octanol–water partition coefficient (Wildman–Crippen LogP) is 2.68. The van der Waals surface area contributed by atoms with E-state index in [-0.39, 0.29) is 11.1 Å². The summed E-state index contributed by atoms with van der Waals surface area (Å²) in [4.78, 5) is 2.10. The highest BCUT2D eigenvalue weighted by molar-refractivity contribution is 6.31. The van der Waals surface area contributed by atoms with Crippen molar-refractivity contribution in [1.29, 1.82) is 0 Å². The number of benzene rings is 1. The summed E-state index contributed by atoms with van der Waals surface area (Å²) in [5.74, 6) is -0.480. The molecule has 0 radical (unpaired) electrons. The number of hydrogen-bond acceptors (Lipinski definition) is 3. The number of nitrogen functional groups attached to an aromatic ring is 1. The highest BCUT2D eigenvalue weighted by Gasteiger charge is 2.18. The Hall–Kier alpha value is -1.00. The van der Waals surface area contributed by atoms with Crippen molar-refractivity contribution in [1.82, 2.24) is 0 Å². The summed E-state index contributed by atoms with van der Waals surface area (Å²) in [6.45, 7) is 4.34. The van der Waals surface area contributed by atoms with Gasteiger partial charge in [-0.05, 0) is 19.4 Å². The van der Waals surface area contributed by atoms with Crippen LogP contribution >= 0.6 is 11.6 Å². The Morgan fingerprint density at radius 3 is 3.06 bits per heavy atom. The zero-order valence-corrected chi connectivity index (χ0v) is 10.5. The van der Waals surface area contributed by atoms with Gasteiger partial charge in [-0.3, -0.25) is 0 Å². The highest BCUT2D eigenvalue weighted by Crippen LogP contribution is 2.30. The molecule has 1 saturated heterocycles. The van der Waals surface area contributed by atoms with Crippen LogP contribution in [0.1, 0.15) is 13.3 Å². The SMILES string of the molecule is CC1CN(c2cc(Cl)c(F)cc2N)CCCO1. The lowest BCUT2D eigenvalue weighted by atomic mass is 10.2. The van der Waals surface area contributed by atoms with E-state index in [1.165, 1.54) is 6.07 Å². The van der Waals surface area contributed by atoms with Crippen LogP contribution in [-0.4, -0.2) is 25.8 Å². The number of halogens is 2. The van der Waals surface area contributed by atoms with Gasteiger partial charge in [0.05, 0.1) is 22.5 Å². The second-order valence-electron chi connectivity index (χ2n) is 4.31. The lowest BCUT2D eigenvalue weighted by Gasteiger charge is -2.26. The van der Waals surface area contributed by atoms with E-state index in [0.29, 0.717) is 5.69 Å². The van der Waals surface area contributed by atoms with Crippen LogP contribution in [0.3, 0.4) is 0 Å². The lowest BCUT2D eigenvalue weighted by molar-refractivity contribution is 0.0821. The van der Waals surface area contributed by atoms with Gasteiger partial charge in [-0.15, -0.1) is 0 Å². The van der Waals surface area contributed by atoms with E-state index < -0.39 is 5.82 Å². The monoisotopic (exact) mass is 258 g/mol. The van der Waals surface area contributed by atoms with E-state index >= 15 is 0 Å². The van der Waals surface area contributed by atoms with Gasteiger partial charge in [-0.25, -0.2) is 4.39 Å². The molecule has 5 heteroatoms. The first kappa shape index (κ1) is 12.5. The van der Waals surface area contributed by atoms with Gasteiger partial charge in [0.25, 0.3) is 0 Å². The minimum atomic E-state index is -0.480. The van der Waals surface area contributed by atoms with Gasteiger partial charge in [0.2, 0.25) is 0 Å². The van der Waals surface area contributed by atoms with Crippen molar-refractivity contribution < 1.29 is 9.13 Å². The maximum absolute atomic E-state index is 13.2. The Labute approximate surface area is 105 Å². The second-order valence-corrected chi connectivity index (χ2v) is 4.71. The van der Waals surface area contributed by atoms with E-state index in [9.17, 15) is 4.39 Å². The van der Waals surface area contributed by atoms with Crippen molar-refractivity contribution in [3.63, 3.8) is 0 Å². The molecular weight excluding hydrogens is 243 g/mol. The summed E-state index contributed by atoms with van der Waals surface area (Å²) < 4.78 is 18.8. The molecule has 1 heterocycles. The highest BCUT2D eigenvalue weighted by atomic mass is 35.5. The summed E-state index contributed by atoms with van der Waals surface area (Å²) in [7, 11) is 0. The van der Waals surface area contributed by atoms with Crippen LogP contribution in [0.2, 0.25) is 5.02 Å². The fraction of sp³-hybridized carbons (Fsp3) is 0.500.